The zero-order valence-corrected chi connectivity index (χ0v) is 12.8. The third-order valence-electron chi connectivity index (χ3n) is 4.59. The highest BCUT2D eigenvalue weighted by atomic mass is 32.2. The summed E-state index contributed by atoms with van der Waals surface area (Å²) in [6.07, 6.45) is 4.82. The average Bonchev–Trinajstić information content (AvgIpc) is 2.50. The lowest BCUT2D eigenvalue weighted by atomic mass is 9.79. The Hall–Kier alpha value is -0.200. The fourth-order valence-corrected chi connectivity index (χ4v) is 4.39. The van der Waals surface area contributed by atoms with Crippen LogP contribution in [-0.2, 0) is 0 Å². The first kappa shape index (κ1) is 14.2. The number of rotatable bonds is 1. The predicted octanol–water partition coefficient (Wildman–Crippen LogP) is 3.53. The molecule has 2 rings (SSSR count). The van der Waals surface area contributed by atoms with Crippen LogP contribution < -0.4 is 0 Å². The quantitative estimate of drug-likeness (QED) is 0.726. The molecule has 1 aliphatic carbocycles. The lowest BCUT2D eigenvalue weighted by Crippen LogP contribution is -2.45. The normalized spacial score (nSPS) is 37.8. The second-order valence-electron chi connectivity index (χ2n) is 6.62. The molecule has 0 spiro atoms. The van der Waals surface area contributed by atoms with Crippen molar-refractivity contribution in [2.45, 2.75) is 57.2 Å². The van der Waals surface area contributed by atoms with Gasteiger partial charge in [0.1, 0.15) is 0 Å². The molecule has 0 aromatic heterocycles. The van der Waals surface area contributed by atoms with Crippen LogP contribution in [0.1, 0.15) is 46.5 Å². The molecule has 0 aromatic carbocycles. The van der Waals surface area contributed by atoms with Gasteiger partial charge in [0, 0.05) is 23.1 Å². The molecule has 0 aromatic rings. The summed E-state index contributed by atoms with van der Waals surface area (Å²) >= 11 is 2.09. The minimum Gasteiger partial charge on any atom is -0.298 e. The summed E-state index contributed by atoms with van der Waals surface area (Å²) in [5.41, 5.74) is 0. The largest absolute Gasteiger partial charge is 0.298 e. The van der Waals surface area contributed by atoms with Gasteiger partial charge in [-0.2, -0.15) is 17.0 Å². The van der Waals surface area contributed by atoms with Gasteiger partial charge < -0.3 is 0 Å². The van der Waals surface area contributed by atoms with Crippen molar-refractivity contribution in [3.63, 3.8) is 0 Å². The molecule has 3 unspecified atom stereocenters. The van der Waals surface area contributed by atoms with Gasteiger partial charge in [0.05, 0.1) is 12.0 Å². The van der Waals surface area contributed by atoms with Crippen LogP contribution in [0.5, 0.6) is 0 Å². The minimum absolute atomic E-state index is 0.271. The Balaban J connectivity index is 2.02. The minimum atomic E-state index is 0.271. The van der Waals surface area contributed by atoms with Gasteiger partial charge in [0.15, 0.2) is 0 Å². The molecule has 1 aliphatic heterocycles. The molecule has 2 aliphatic rings. The van der Waals surface area contributed by atoms with Crippen LogP contribution in [0, 0.1) is 23.2 Å². The number of thioether (sulfide) groups is 1. The summed E-state index contributed by atoms with van der Waals surface area (Å²) in [5.74, 6) is 2.28. The maximum absolute atomic E-state index is 9.37. The molecule has 0 N–H and O–H groups in total. The molecule has 2 fully saturated rings. The molecule has 0 amide bonds. The summed E-state index contributed by atoms with van der Waals surface area (Å²) in [7, 11) is 0. The Kier molecular flexibility index (Phi) is 4.61. The van der Waals surface area contributed by atoms with Gasteiger partial charge in [-0.1, -0.05) is 20.8 Å². The van der Waals surface area contributed by atoms with Crippen molar-refractivity contribution in [2.24, 2.45) is 11.8 Å². The predicted molar refractivity (Wildman–Crippen MR) is 78.6 cm³/mol. The Morgan fingerprint density at radius 1 is 1.28 bits per heavy atom. The lowest BCUT2D eigenvalue weighted by Gasteiger charge is -2.39. The second-order valence-corrected chi connectivity index (χ2v) is 8.42. The molecule has 2 nitrogen and oxygen atoms in total. The molecule has 3 heteroatoms. The number of hydrogen-bond acceptors (Lipinski definition) is 3. The highest BCUT2D eigenvalue weighted by Gasteiger charge is 2.35. The van der Waals surface area contributed by atoms with E-state index in [2.05, 4.69) is 43.5 Å². The van der Waals surface area contributed by atoms with Crippen molar-refractivity contribution in [1.82, 2.24) is 4.90 Å². The lowest BCUT2D eigenvalue weighted by molar-refractivity contribution is 0.110. The van der Waals surface area contributed by atoms with Crippen LogP contribution in [0.25, 0.3) is 0 Å². The van der Waals surface area contributed by atoms with E-state index in [0.29, 0.717) is 10.8 Å². The Morgan fingerprint density at radius 2 is 2.06 bits per heavy atom. The van der Waals surface area contributed by atoms with E-state index < -0.39 is 0 Å². The van der Waals surface area contributed by atoms with E-state index >= 15 is 0 Å². The zero-order chi connectivity index (χ0) is 13.2. The summed E-state index contributed by atoms with van der Waals surface area (Å²) in [6, 6.07) is 3.09. The molecule has 0 bridgehead atoms. The van der Waals surface area contributed by atoms with Crippen LogP contribution in [0.2, 0.25) is 0 Å². The first-order valence-electron chi connectivity index (χ1n) is 7.29. The van der Waals surface area contributed by atoms with Gasteiger partial charge in [-0.25, -0.2) is 0 Å². The highest BCUT2D eigenvalue weighted by molar-refractivity contribution is 8.00. The maximum Gasteiger partial charge on any atom is 0.0672 e. The van der Waals surface area contributed by atoms with E-state index in [-0.39, 0.29) is 5.92 Å². The molecule has 1 saturated carbocycles. The topological polar surface area (TPSA) is 27.0 Å². The third-order valence-corrected chi connectivity index (χ3v) is 5.96. The van der Waals surface area contributed by atoms with Crippen molar-refractivity contribution in [1.29, 1.82) is 5.26 Å². The molecule has 0 radical (unpaired) electrons. The van der Waals surface area contributed by atoms with Gasteiger partial charge in [0.25, 0.3) is 0 Å². The van der Waals surface area contributed by atoms with Gasteiger partial charge in [-0.15, -0.1) is 0 Å². The Morgan fingerprint density at radius 3 is 2.78 bits per heavy atom. The first-order chi connectivity index (χ1) is 8.52. The summed E-state index contributed by atoms with van der Waals surface area (Å²) in [4.78, 5) is 2.62. The molecule has 18 heavy (non-hydrogen) atoms. The van der Waals surface area contributed by atoms with Gasteiger partial charge >= 0.3 is 0 Å². The molecule has 3 atom stereocenters. The Bertz CT molecular complexity index is 321. The van der Waals surface area contributed by atoms with Crippen LogP contribution in [0.15, 0.2) is 0 Å². The molecule has 1 saturated heterocycles. The standard InChI is InChI=1S/C15H26N2S/c1-12-4-5-13(11-16)14(10-12)17-7-6-15(2,3)18-9-8-17/h12-14H,4-10H2,1-3H3. The fourth-order valence-electron chi connectivity index (χ4n) is 3.27. The van der Waals surface area contributed by atoms with Crippen LogP contribution in [0.3, 0.4) is 0 Å². The third kappa shape index (κ3) is 3.42. The van der Waals surface area contributed by atoms with Crippen molar-refractivity contribution in [2.75, 3.05) is 18.8 Å². The Labute approximate surface area is 116 Å². The second kappa shape index (κ2) is 5.84. The molecule has 102 valence electrons. The van der Waals surface area contributed by atoms with Crippen molar-refractivity contribution in [3.8, 4) is 6.07 Å². The average molecular weight is 266 g/mol. The van der Waals surface area contributed by atoms with Crippen molar-refractivity contribution in [3.05, 3.63) is 0 Å². The summed E-state index contributed by atoms with van der Waals surface area (Å²) in [5, 5.41) is 9.37. The van der Waals surface area contributed by atoms with E-state index in [0.717, 1.165) is 12.3 Å². The number of nitrogens with zero attached hydrogens (tertiary/aromatic N) is 2. The van der Waals surface area contributed by atoms with E-state index in [1.165, 1.54) is 38.1 Å². The van der Waals surface area contributed by atoms with Crippen molar-refractivity contribution >= 4 is 11.8 Å². The van der Waals surface area contributed by atoms with Gasteiger partial charge in [-0.3, -0.25) is 4.90 Å². The van der Waals surface area contributed by atoms with Crippen LogP contribution in [-0.4, -0.2) is 34.5 Å². The van der Waals surface area contributed by atoms with Crippen LogP contribution >= 0.6 is 11.8 Å². The maximum atomic E-state index is 9.37. The SMILES string of the molecule is CC1CCC(C#N)C(N2CCSC(C)(C)CC2)C1. The first-order valence-corrected chi connectivity index (χ1v) is 8.28. The summed E-state index contributed by atoms with van der Waals surface area (Å²) in [6.45, 7) is 9.40. The summed E-state index contributed by atoms with van der Waals surface area (Å²) < 4.78 is 0.414. The smallest absolute Gasteiger partial charge is 0.0672 e. The molecular weight excluding hydrogens is 240 g/mol. The van der Waals surface area contributed by atoms with E-state index in [9.17, 15) is 5.26 Å². The van der Waals surface area contributed by atoms with E-state index in [1.54, 1.807) is 0 Å². The highest BCUT2D eigenvalue weighted by Crippen LogP contribution is 2.36. The van der Waals surface area contributed by atoms with Crippen molar-refractivity contribution < 1.29 is 0 Å². The monoisotopic (exact) mass is 266 g/mol. The fraction of sp³-hybridized carbons (Fsp3) is 0.933. The van der Waals surface area contributed by atoms with E-state index in [4.69, 9.17) is 0 Å². The van der Waals surface area contributed by atoms with Gasteiger partial charge in [0.2, 0.25) is 0 Å². The zero-order valence-electron chi connectivity index (χ0n) is 12.0. The number of nitriles is 1. The van der Waals surface area contributed by atoms with Gasteiger partial charge in [-0.05, 0) is 38.1 Å². The van der Waals surface area contributed by atoms with Crippen LogP contribution in [0.4, 0.5) is 0 Å². The molecule has 1 heterocycles. The van der Waals surface area contributed by atoms with E-state index in [1.807, 2.05) is 0 Å². The number of hydrogen-bond donors (Lipinski definition) is 0. The molecular formula is C15H26N2S.